The third-order valence-corrected chi connectivity index (χ3v) is 10.6. The van der Waals surface area contributed by atoms with Crippen LogP contribution >= 0.6 is 0 Å². The smallest absolute Gasteiger partial charge is 0.0562 e. The monoisotopic (exact) mass is 688 g/mol. The van der Waals surface area contributed by atoms with Crippen LogP contribution in [0.1, 0.15) is 0 Å². The lowest BCUT2D eigenvalue weighted by atomic mass is 9.93. The zero-order valence-corrected chi connectivity index (χ0v) is 29.7. The molecule has 0 spiro atoms. The zero-order chi connectivity index (χ0) is 35.8. The maximum atomic E-state index is 2.46. The second-order valence-corrected chi connectivity index (χ2v) is 13.7. The molecule has 1 heterocycles. The predicted molar refractivity (Wildman–Crippen MR) is 229 cm³/mol. The Morgan fingerprint density at radius 1 is 0.333 bits per heavy atom. The van der Waals surface area contributed by atoms with Crippen LogP contribution in [0.5, 0.6) is 0 Å². The molecule has 54 heavy (non-hydrogen) atoms. The number of hydrogen-bond donors (Lipinski definition) is 0. The second kappa shape index (κ2) is 13.4. The summed E-state index contributed by atoms with van der Waals surface area (Å²) >= 11 is 0. The van der Waals surface area contributed by atoms with Crippen LogP contribution in [0.2, 0.25) is 0 Å². The van der Waals surface area contributed by atoms with E-state index < -0.39 is 0 Å². The molecule has 2 heteroatoms. The first-order chi connectivity index (χ1) is 26.8. The molecule has 2 nitrogen and oxygen atoms in total. The lowest BCUT2D eigenvalue weighted by molar-refractivity contribution is 1.18. The molecule has 0 aliphatic heterocycles. The van der Waals surface area contributed by atoms with Gasteiger partial charge >= 0.3 is 0 Å². The van der Waals surface area contributed by atoms with Gasteiger partial charge in [-0.25, -0.2) is 0 Å². The van der Waals surface area contributed by atoms with Gasteiger partial charge in [0, 0.05) is 27.6 Å². The van der Waals surface area contributed by atoms with Crippen molar-refractivity contribution in [1.29, 1.82) is 0 Å². The van der Waals surface area contributed by atoms with Gasteiger partial charge in [0.05, 0.1) is 28.1 Å². The van der Waals surface area contributed by atoms with Crippen molar-refractivity contribution in [3.8, 4) is 39.1 Å². The molecule has 0 amide bonds. The van der Waals surface area contributed by atoms with Crippen LogP contribution in [0.3, 0.4) is 0 Å². The number of hydrogen-bond acceptors (Lipinski definition) is 1. The molecule has 254 valence electrons. The molecular formula is C52H36N2. The topological polar surface area (TPSA) is 8.17 Å². The van der Waals surface area contributed by atoms with Crippen molar-refractivity contribution in [2.75, 3.05) is 4.90 Å². The van der Waals surface area contributed by atoms with Crippen LogP contribution < -0.4 is 4.90 Å². The summed E-state index contributed by atoms with van der Waals surface area (Å²) in [4.78, 5) is 2.44. The summed E-state index contributed by atoms with van der Waals surface area (Å²) in [6.45, 7) is 0. The number of para-hydroxylation sites is 4. The predicted octanol–water partition coefficient (Wildman–Crippen LogP) is 14.4. The summed E-state index contributed by atoms with van der Waals surface area (Å²) in [5.74, 6) is 0. The fraction of sp³-hybridized carbons (Fsp3) is 0. The summed E-state index contributed by atoms with van der Waals surface area (Å²) in [5.41, 5.74) is 14.0. The molecule has 0 saturated carbocycles. The zero-order valence-electron chi connectivity index (χ0n) is 29.7. The average molecular weight is 689 g/mol. The molecule has 0 N–H and O–H groups in total. The summed E-state index contributed by atoms with van der Waals surface area (Å²) in [6.07, 6.45) is 0. The van der Waals surface area contributed by atoms with Crippen molar-refractivity contribution < 1.29 is 0 Å². The normalized spacial score (nSPS) is 11.3. The lowest BCUT2D eigenvalue weighted by Crippen LogP contribution is -2.11. The van der Waals surface area contributed by atoms with E-state index in [1.165, 1.54) is 60.4 Å². The van der Waals surface area contributed by atoms with Crippen molar-refractivity contribution >= 4 is 49.6 Å². The Kier molecular flexibility index (Phi) is 7.85. The number of fused-ring (bicyclic) bond motifs is 4. The van der Waals surface area contributed by atoms with Crippen molar-refractivity contribution in [2.45, 2.75) is 0 Å². The molecule has 0 saturated heterocycles. The number of benzene rings is 9. The molecule has 0 radical (unpaired) electrons. The molecule has 9 aromatic carbocycles. The number of aromatic nitrogens is 1. The summed E-state index contributed by atoms with van der Waals surface area (Å²) in [6, 6.07) is 78.9. The highest BCUT2D eigenvalue weighted by atomic mass is 15.2. The standard InChI is InChI=1S/C52H36N2/c1-3-19-38(20-4-1)42-24-9-10-26-44(42)45-27-12-15-30-48(45)54-49-31-16-13-28-46(49)52-50(32-17-33-51(52)54)53(41-22-5-2-6-23-41)47-29-14-11-25-43(47)40-35-34-37-18-7-8-21-39(37)36-40/h1-36H. The maximum absolute atomic E-state index is 2.46. The van der Waals surface area contributed by atoms with Crippen molar-refractivity contribution in [3.05, 3.63) is 218 Å². The lowest BCUT2D eigenvalue weighted by Gasteiger charge is -2.29. The van der Waals surface area contributed by atoms with E-state index in [0.29, 0.717) is 0 Å². The van der Waals surface area contributed by atoms with Crippen molar-refractivity contribution in [2.24, 2.45) is 0 Å². The third-order valence-electron chi connectivity index (χ3n) is 10.6. The highest BCUT2D eigenvalue weighted by Gasteiger charge is 2.24. The van der Waals surface area contributed by atoms with Crippen LogP contribution in [0, 0.1) is 0 Å². The second-order valence-electron chi connectivity index (χ2n) is 13.7. The van der Waals surface area contributed by atoms with E-state index in [9.17, 15) is 0 Å². The van der Waals surface area contributed by atoms with Gasteiger partial charge in [0.15, 0.2) is 0 Å². The first kappa shape index (κ1) is 31.6. The van der Waals surface area contributed by atoms with Gasteiger partial charge in [-0.3, -0.25) is 0 Å². The van der Waals surface area contributed by atoms with Crippen LogP contribution in [-0.2, 0) is 0 Å². The molecule has 10 rings (SSSR count). The first-order valence-corrected chi connectivity index (χ1v) is 18.5. The van der Waals surface area contributed by atoms with E-state index in [0.717, 1.165) is 28.3 Å². The quantitative estimate of drug-likeness (QED) is 0.162. The third kappa shape index (κ3) is 5.36. The molecule has 10 aromatic rings. The van der Waals surface area contributed by atoms with E-state index in [1.807, 2.05) is 0 Å². The number of anilines is 3. The van der Waals surface area contributed by atoms with Gasteiger partial charge in [-0.1, -0.05) is 170 Å². The van der Waals surface area contributed by atoms with E-state index in [4.69, 9.17) is 0 Å². The molecule has 1 aromatic heterocycles. The van der Waals surface area contributed by atoms with E-state index in [1.54, 1.807) is 0 Å². The van der Waals surface area contributed by atoms with Crippen LogP contribution in [0.4, 0.5) is 17.1 Å². The Morgan fingerprint density at radius 2 is 0.926 bits per heavy atom. The Balaban J connectivity index is 1.24. The van der Waals surface area contributed by atoms with Gasteiger partial charge in [0.1, 0.15) is 0 Å². The summed E-state index contributed by atoms with van der Waals surface area (Å²) < 4.78 is 2.46. The van der Waals surface area contributed by atoms with Crippen LogP contribution in [0.25, 0.3) is 71.6 Å². The SMILES string of the molecule is c1ccc(-c2ccccc2-c2ccccc2-n2c3ccccc3c3c(N(c4ccccc4)c4ccccc4-c4ccc5ccccc5c4)cccc32)cc1. The Bertz CT molecular complexity index is 2940. The van der Waals surface area contributed by atoms with Crippen molar-refractivity contribution in [3.63, 3.8) is 0 Å². The van der Waals surface area contributed by atoms with E-state index in [-0.39, 0.29) is 0 Å². The number of nitrogens with zero attached hydrogens (tertiary/aromatic N) is 2. The van der Waals surface area contributed by atoms with E-state index >= 15 is 0 Å². The minimum absolute atomic E-state index is 1.10. The average Bonchev–Trinajstić information content (AvgIpc) is 3.59. The van der Waals surface area contributed by atoms with Gasteiger partial charge in [-0.05, 0) is 81.6 Å². The van der Waals surface area contributed by atoms with Crippen LogP contribution in [0.15, 0.2) is 218 Å². The highest BCUT2D eigenvalue weighted by molar-refractivity contribution is 6.17. The minimum Gasteiger partial charge on any atom is -0.309 e. The van der Waals surface area contributed by atoms with Crippen molar-refractivity contribution in [1.82, 2.24) is 4.57 Å². The molecule has 0 aliphatic rings. The fourth-order valence-electron chi connectivity index (χ4n) is 8.18. The van der Waals surface area contributed by atoms with Gasteiger partial charge < -0.3 is 9.47 Å². The van der Waals surface area contributed by atoms with Gasteiger partial charge in [-0.15, -0.1) is 0 Å². The van der Waals surface area contributed by atoms with Gasteiger partial charge in [0.2, 0.25) is 0 Å². The first-order valence-electron chi connectivity index (χ1n) is 18.5. The molecule has 0 aliphatic carbocycles. The largest absolute Gasteiger partial charge is 0.309 e. The Labute approximate surface area is 315 Å². The van der Waals surface area contributed by atoms with Gasteiger partial charge in [-0.2, -0.15) is 0 Å². The molecule has 0 unspecified atom stereocenters. The molecular weight excluding hydrogens is 653 g/mol. The molecule has 0 bridgehead atoms. The Hall–Kier alpha value is -7.16. The fourth-order valence-corrected chi connectivity index (χ4v) is 8.18. The molecule has 0 fully saturated rings. The van der Waals surface area contributed by atoms with Gasteiger partial charge in [0.25, 0.3) is 0 Å². The highest BCUT2D eigenvalue weighted by Crippen LogP contribution is 2.47. The minimum atomic E-state index is 1.10. The maximum Gasteiger partial charge on any atom is 0.0562 e. The number of rotatable bonds is 7. The van der Waals surface area contributed by atoms with Crippen LogP contribution in [-0.4, -0.2) is 4.57 Å². The molecule has 0 atom stereocenters. The summed E-state index contributed by atoms with van der Waals surface area (Å²) in [5, 5.41) is 4.88. The van der Waals surface area contributed by atoms with E-state index in [2.05, 4.69) is 228 Å². The Morgan fingerprint density at radius 3 is 1.76 bits per heavy atom. The summed E-state index contributed by atoms with van der Waals surface area (Å²) in [7, 11) is 0.